The summed E-state index contributed by atoms with van der Waals surface area (Å²) in [6.07, 6.45) is 0. The Labute approximate surface area is 158 Å². The van der Waals surface area contributed by atoms with Gasteiger partial charge in [0.1, 0.15) is 5.82 Å². The van der Waals surface area contributed by atoms with Crippen molar-refractivity contribution in [2.45, 2.75) is 32.0 Å². The van der Waals surface area contributed by atoms with E-state index in [0.29, 0.717) is 21.7 Å². The van der Waals surface area contributed by atoms with Crippen molar-refractivity contribution in [2.75, 3.05) is 11.1 Å². The highest BCUT2D eigenvalue weighted by Crippen LogP contribution is 2.29. The molecule has 1 N–H and O–H groups in total. The number of rotatable bonds is 6. The van der Waals surface area contributed by atoms with Gasteiger partial charge in [0.05, 0.1) is 17.0 Å². The summed E-state index contributed by atoms with van der Waals surface area (Å²) in [6.45, 7) is 5.81. The lowest BCUT2D eigenvalue weighted by atomic mass is 10.2. The molecule has 0 saturated heterocycles. The maximum absolute atomic E-state index is 14.1. The van der Waals surface area contributed by atoms with Gasteiger partial charge in [0.15, 0.2) is 16.1 Å². The first-order valence-electron chi connectivity index (χ1n) is 8.00. The molecule has 0 atom stereocenters. The van der Waals surface area contributed by atoms with Crippen LogP contribution in [0.4, 0.5) is 9.52 Å². The number of nitrogens with zero attached hydrogens (tertiary/aromatic N) is 4. The van der Waals surface area contributed by atoms with Gasteiger partial charge >= 0.3 is 0 Å². The van der Waals surface area contributed by atoms with Crippen molar-refractivity contribution in [3.8, 4) is 11.4 Å². The molecule has 0 radical (unpaired) electrons. The molecule has 0 aliphatic rings. The normalized spacial score (nSPS) is 11.1. The fourth-order valence-electron chi connectivity index (χ4n) is 2.36. The number of nitrogens with one attached hydrogen (secondary N) is 1. The van der Waals surface area contributed by atoms with Gasteiger partial charge < -0.3 is 5.32 Å². The van der Waals surface area contributed by atoms with Gasteiger partial charge in [0.25, 0.3) is 0 Å². The monoisotopic (exact) mass is 391 g/mol. The van der Waals surface area contributed by atoms with Crippen LogP contribution < -0.4 is 5.32 Å². The average Bonchev–Trinajstić information content (AvgIpc) is 3.19. The lowest BCUT2D eigenvalue weighted by molar-refractivity contribution is -0.113. The largest absolute Gasteiger partial charge is 0.301 e. The molecule has 1 amide bonds. The molecular formula is C17H18FN5OS2. The first-order chi connectivity index (χ1) is 12.5. The number of thioether (sulfide) groups is 1. The molecule has 2 heterocycles. The molecule has 0 unspecified atom stereocenters. The highest BCUT2D eigenvalue weighted by atomic mass is 32.2. The average molecular weight is 391 g/mol. The fraction of sp³-hybridized carbons (Fsp3) is 0.294. The minimum absolute atomic E-state index is 0.0202. The molecule has 3 rings (SSSR count). The van der Waals surface area contributed by atoms with Crippen molar-refractivity contribution in [2.24, 2.45) is 0 Å². The van der Waals surface area contributed by atoms with Crippen LogP contribution in [-0.2, 0) is 4.79 Å². The molecule has 0 fully saturated rings. The van der Waals surface area contributed by atoms with Gasteiger partial charge in [-0.25, -0.2) is 9.37 Å². The second-order valence-electron chi connectivity index (χ2n) is 5.88. The molecule has 0 aliphatic heterocycles. The Balaban J connectivity index is 1.76. The number of halogens is 1. The number of carbonyl (C=O) groups excluding carboxylic acids is 1. The minimum Gasteiger partial charge on any atom is -0.301 e. The molecular weight excluding hydrogens is 373 g/mol. The second kappa shape index (κ2) is 7.96. The van der Waals surface area contributed by atoms with Crippen LogP contribution in [0.2, 0.25) is 0 Å². The predicted molar refractivity (Wildman–Crippen MR) is 102 cm³/mol. The summed E-state index contributed by atoms with van der Waals surface area (Å²) in [5.41, 5.74) is 1.26. The molecule has 0 aliphatic carbocycles. The van der Waals surface area contributed by atoms with Crippen molar-refractivity contribution in [1.29, 1.82) is 0 Å². The number of aryl methyl sites for hydroxylation is 1. The van der Waals surface area contributed by atoms with E-state index in [2.05, 4.69) is 20.5 Å². The van der Waals surface area contributed by atoms with Gasteiger partial charge in [0, 0.05) is 11.4 Å². The SMILES string of the molecule is Cc1csc(NC(=O)CSc2nnc(-c3ccccc3F)n2C(C)C)n1. The summed E-state index contributed by atoms with van der Waals surface area (Å²) in [5.74, 6) is 0.0997. The summed E-state index contributed by atoms with van der Waals surface area (Å²) in [5, 5.41) is 14.1. The number of hydrogen-bond acceptors (Lipinski definition) is 6. The molecule has 9 heteroatoms. The van der Waals surface area contributed by atoms with Crippen LogP contribution in [0, 0.1) is 12.7 Å². The summed E-state index contributed by atoms with van der Waals surface area (Å²) >= 11 is 2.65. The Kier molecular flexibility index (Phi) is 5.67. The highest BCUT2D eigenvalue weighted by Gasteiger charge is 2.20. The third kappa shape index (κ3) is 4.10. The van der Waals surface area contributed by atoms with E-state index in [1.54, 1.807) is 18.2 Å². The Morgan fingerprint density at radius 1 is 1.35 bits per heavy atom. The minimum atomic E-state index is -0.352. The Bertz CT molecular complexity index is 922. The first kappa shape index (κ1) is 18.5. The lowest BCUT2D eigenvalue weighted by Gasteiger charge is -2.14. The van der Waals surface area contributed by atoms with E-state index in [1.165, 1.54) is 29.2 Å². The summed E-state index contributed by atoms with van der Waals surface area (Å²) in [7, 11) is 0. The quantitative estimate of drug-likeness (QED) is 0.639. The molecule has 0 bridgehead atoms. The molecule has 6 nitrogen and oxygen atoms in total. The van der Waals surface area contributed by atoms with E-state index < -0.39 is 0 Å². The lowest BCUT2D eigenvalue weighted by Crippen LogP contribution is -2.15. The zero-order valence-corrected chi connectivity index (χ0v) is 16.2. The predicted octanol–water partition coefficient (Wildman–Crippen LogP) is 4.16. The van der Waals surface area contributed by atoms with Gasteiger partial charge in [-0.15, -0.1) is 21.5 Å². The second-order valence-corrected chi connectivity index (χ2v) is 7.68. The van der Waals surface area contributed by atoms with E-state index >= 15 is 0 Å². The molecule has 2 aromatic heterocycles. The van der Waals surface area contributed by atoms with Gasteiger partial charge in [-0.3, -0.25) is 9.36 Å². The van der Waals surface area contributed by atoms with Crippen LogP contribution in [0.1, 0.15) is 25.6 Å². The number of aromatic nitrogens is 4. The molecule has 3 aromatic rings. The van der Waals surface area contributed by atoms with Gasteiger partial charge in [0.2, 0.25) is 5.91 Å². The van der Waals surface area contributed by atoms with E-state index in [4.69, 9.17) is 0 Å². The molecule has 26 heavy (non-hydrogen) atoms. The smallest absolute Gasteiger partial charge is 0.236 e. The van der Waals surface area contributed by atoms with Crippen LogP contribution >= 0.6 is 23.1 Å². The van der Waals surface area contributed by atoms with Crippen LogP contribution in [0.25, 0.3) is 11.4 Å². The zero-order valence-electron chi connectivity index (χ0n) is 14.6. The molecule has 0 spiro atoms. The van der Waals surface area contributed by atoms with E-state index in [9.17, 15) is 9.18 Å². The van der Waals surface area contributed by atoms with Crippen molar-refractivity contribution < 1.29 is 9.18 Å². The number of carbonyl (C=O) groups is 1. The van der Waals surface area contributed by atoms with E-state index in [-0.39, 0.29) is 23.5 Å². The summed E-state index contributed by atoms with van der Waals surface area (Å²) in [6, 6.07) is 6.48. The molecule has 136 valence electrons. The van der Waals surface area contributed by atoms with Crippen LogP contribution in [0.5, 0.6) is 0 Å². The zero-order chi connectivity index (χ0) is 18.7. The Morgan fingerprint density at radius 3 is 2.77 bits per heavy atom. The van der Waals surface area contributed by atoms with Gasteiger partial charge in [-0.1, -0.05) is 23.9 Å². The van der Waals surface area contributed by atoms with E-state index in [1.807, 2.05) is 30.7 Å². The summed E-state index contributed by atoms with van der Waals surface area (Å²) < 4.78 is 16.0. The van der Waals surface area contributed by atoms with Crippen LogP contribution in [-0.4, -0.2) is 31.4 Å². The Morgan fingerprint density at radius 2 is 2.12 bits per heavy atom. The standard InChI is InChI=1S/C17H18FN5OS2/c1-10(2)23-15(12-6-4-5-7-13(12)18)21-22-17(23)26-9-14(24)20-16-19-11(3)8-25-16/h4-8,10H,9H2,1-3H3,(H,19,20,24). The van der Waals surface area contributed by atoms with Crippen molar-refractivity contribution in [3.05, 3.63) is 41.2 Å². The fourth-order valence-corrected chi connectivity index (χ4v) is 3.94. The van der Waals surface area contributed by atoms with Crippen LogP contribution in [0.15, 0.2) is 34.8 Å². The highest BCUT2D eigenvalue weighted by molar-refractivity contribution is 7.99. The topological polar surface area (TPSA) is 72.7 Å². The van der Waals surface area contributed by atoms with Crippen LogP contribution in [0.3, 0.4) is 0 Å². The molecule has 0 saturated carbocycles. The number of amides is 1. The van der Waals surface area contributed by atoms with Crippen molar-refractivity contribution in [1.82, 2.24) is 19.7 Å². The summed E-state index contributed by atoms with van der Waals surface area (Å²) in [4.78, 5) is 16.3. The maximum atomic E-state index is 14.1. The number of benzene rings is 1. The Hall–Kier alpha value is -2.26. The van der Waals surface area contributed by atoms with Crippen molar-refractivity contribution in [3.63, 3.8) is 0 Å². The third-order valence-corrected chi connectivity index (χ3v) is 5.31. The maximum Gasteiger partial charge on any atom is 0.236 e. The van der Waals surface area contributed by atoms with Gasteiger partial charge in [-0.2, -0.15) is 0 Å². The first-order valence-corrected chi connectivity index (χ1v) is 9.87. The number of hydrogen-bond donors (Lipinski definition) is 1. The third-order valence-electron chi connectivity index (χ3n) is 3.49. The van der Waals surface area contributed by atoms with Gasteiger partial charge in [-0.05, 0) is 32.9 Å². The number of thiazole rings is 1. The number of anilines is 1. The van der Waals surface area contributed by atoms with Crippen molar-refractivity contribution >= 4 is 34.1 Å². The molecule has 1 aromatic carbocycles. The van der Waals surface area contributed by atoms with E-state index in [0.717, 1.165) is 5.69 Å².